The molecule has 0 fully saturated rings. The Labute approximate surface area is 294 Å². The van der Waals surface area contributed by atoms with Crippen molar-refractivity contribution in [2.75, 3.05) is 25.2 Å². The zero-order chi connectivity index (χ0) is 29.8. The van der Waals surface area contributed by atoms with Gasteiger partial charge in [0.1, 0.15) is 24.4 Å². The van der Waals surface area contributed by atoms with E-state index in [-0.39, 0.29) is 100.0 Å². The second kappa shape index (κ2) is 29.5. The van der Waals surface area contributed by atoms with Crippen LogP contribution < -0.4 is 29.6 Å². The first-order valence-corrected chi connectivity index (χ1v) is 15.0. The van der Waals surface area contributed by atoms with Crippen LogP contribution in [0.4, 0.5) is 4.79 Å². The number of halogens is 1. The van der Waals surface area contributed by atoms with Gasteiger partial charge in [-0.3, -0.25) is 14.4 Å². The van der Waals surface area contributed by atoms with Gasteiger partial charge in [-0.05, 0) is 71.7 Å². The van der Waals surface area contributed by atoms with Crippen molar-refractivity contribution in [1.29, 1.82) is 0 Å². The third-order valence-corrected chi connectivity index (χ3v) is 5.09. The first-order chi connectivity index (χ1) is 17.0. The number of ether oxygens (including phenoxy) is 2. The SMILES string of the molecule is CC[C@H](CCC(=O)CO)CC(=O)OC(C)(C)C.CC[C@H](CCC(=O)CO)N(C)C(=O)OC(C)(C)C.CI.S.S.[H-].[Na+]. The monoisotopic (exact) mass is 737 g/mol. The molecule has 238 valence electrons. The van der Waals surface area contributed by atoms with Gasteiger partial charge in [0, 0.05) is 32.4 Å². The van der Waals surface area contributed by atoms with Gasteiger partial charge >= 0.3 is 41.6 Å². The number of aliphatic hydroxyl groups excluding tert-OH is 2. The van der Waals surface area contributed by atoms with E-state index in [0.717, 1.165) is 12.8 Å². The van der Waals surface area contributed by atoms with Crippen LogP contribution in [0.3, 0.4) is 0 Å². The normalized spacial score (nSPS) is 11.6. The van der Waals surface area contributed by atoms with Crippen LogP contribution in [-0.2, 0) is 23.9 Å². The fraction of sp³-hybridized carbons (Fsp3) is 0.852. The molecule has 2 atom stereocenters. The van der Waals surface area contributed by atoms with Crippen LogP contribution in [0.1, 0.15) is 102 Å². The maximum atomic E-state index is 11.8. The minimum absolute atomic E-state index is 0. The summed E-state index contributed by atoms with van der Waals surface area (Å²) in [5, 5.41) is 17.3. The van der Waals surface area contributed by atoms with E-state index in [1.807, 2.05) is 60.3 Å². The van der Waals surface area contributed by atoms with E-state index in [1.54, 1.807) is 7.05 Å². The molecule has 13 heteroatoms. The Bertz CT molecular complexity index is 681. The smallest absolute Gasteiger partial charge is 1.00 e. The van der Waals surface area contributed by atoms with Gasteiger partial charge in [0.2, 0.25) is 0 Å². The molecule has 0 spiro atoms. The van der Waals surface area contributed by atoms with E-state index in [4.69, 9.17) is 19.7 Å². The number of carbonyl (C=O) groups is 4. The van der Waals surface area contributed by atoms with Crippen molar-refractivity contribution in [3.05, 3.63) is 0 Å². The second-order valence-electron chi connectivity index (χ2n) is 10.7. The summed E-state index contributed by atoms with van der Waals surface area (Å²) in [6, 6.07) is -0.0460. The molecule has 0 aliphatic rings. The molecule has 2 N–H and O–H groups in total. The van der Waals surface area contributed by atoms with Crippen molar-refractivity contribution in [3.63, 3.8) is 0 Å². The standard InChI is InChI=1S/C13H25NO4.C13H24O4.CH3I.Na.2H2S.H/c1-6-10(7-8-11(16)9-15)14(5)12(17)18-13(2,3)4;1-5-10(6-7-11(15)9-14)8-12(16)17-13(2,3)4;1-2;;;;/h10,15H,6-9H2,1-5H3;10,14H,5-9H2,1-4H3;1H3;;2*1H2;/q;;;+1;;;-1/t2*10-;;;;;/m11...../s1. The van der Waals surface area contributed by atoms with Crippen molar-refractivity contribution in [3.8, 4) is 0 Å². The van der Waals surface area contributed by atoms with Gasteiger partial charge in [-0.15, -0.1) is 0 Å². The van der Waals surface area contributed by atoms with E-state index in [1.165, 1.54) is 4.90 Å². The van der Waals surface area contributed by atoms with E-state index in [9.17, 15) is 19.2 Å². The second-order valence-corrected chi connectivity index (χ2v) is 10.7. The molecule has 0 aromatic rings. The van der Waals surface area contributed by atoms with Crippen LogP contribution in [0.2, 0.25) is 0 Å². The molecule has 0 saturated carbocycles. The van der Waals surface area contributed by atoms with Gasteiger partial charge in [-0.2, -0.15) is 27.0 Å². The van der Waals surface area contributed by atoms with Crippen LogP contribution in [0.25, 0.3) is 0 Å². The molecule has 0 aliphatic carbocycles. The number of Topliss-reactive ketones (excluding diaryl/α,β-unsaturated/α-hetero) is 2. The van der Waals surface area contributed by atoms with E-state index in [2.05, 4.69) is 22.6 Å². The summed E-state index contributed by atoms with van der Waals surface area (Å²) in [7, 11) is 1.67. The number of hydrogen-bond donors (Lipinski definition) is 2. The maximum absolute atomic E-state index is 11.8. The van der Waals surface area contributed by atoms with Crippen molar-refractivity contribution >= 4 is 73.2 Å². The van der Waals surface area contributed by atoms with Crippen molar-refractivity contribution in [2.24, 2.45) is 5.92 Å². The number of hydrogen-bond acceptors (Lipinski definition) is 8. The van der Waals surface area contributed by atoms with Crippen LogP contribution >= 0.6 is 49.6 Å². The summed E-state index contributed by atoms with van der Waals surface area (Å²) < 4.78 is 10.5. The first kappa shape index (κ1) is 53.0. The van der Waals surface area contributed by atoms with Gasteiger partial charge in [-0.1, -0.05) is 42.9 Å². The Hall–Kier alpha value is 0.430. The zero-order valence-electron chi connectivity index (χ0n) is 27.7. The molecule has 0 radical (unpaired) electrons. The number of nitrogens with zero attached hydrogens (tertiary/aromatic N) is 1. The van der Waals surface area contributed by atoms with Gasteiger partial charge < -0.3 is 26.0 Å². The molecule has 0 bridgehead atoms. The summed E-state index contributed by atoms with van der Waals surface area (Å²) in [5.41, 5.74) is -0.985. The third kappa shape index (κ3) is 32.9. The first-order valence-electron chi connectivity index (χ1n) is 12.8. The molecule has 0 heterocycles. The Morgan fingerprint density at radius 1 is 0.800 bits per heavy atom. The maximum Gasteiger partial charge on any atom is 1.00 e. The summed E-state index contributed by atoms with van der Waals surface area (Å²) in [4.78, 5) is 49.0. The number of amides is 1. The molecule has 40 heavy (non-hydrogen) atoms. The molecule has 0 rings (SSSR count). The molecule has 1 amide bonds. The molecular weight excluding hydrogens is 680 g/mol. The van der Waals surface area contributed by atoms with E-state index in [0.29, 0.717) is 25.7 Å². The van der Waals surface area contributed by atoms with Gasteiger partial charge in [0.25, 0.3) is 0 Å². The number of ketones is 2. The van der Waals surface area contributed by atoms with E-state index < -0.39 is 24.4 Å². The fourth-order valence-electron chi connectivity index (χ4n) is 3.07. The quantitative estimate of drug-likeness (QED) is 0.128. The van der Waals surface area contributed by atoms with Gasteiger partial charge in [-0.25, -0.2) is 4.79 Å². The van der Waals surface area contributed by atoms with Crippen molar-refractivity contribution < 1.29 is 69.8 Å². The Morgan fingerprint density at radius 2 is 1.20 bits per heavy atom. The molecule has 9 nitrogen and oxygen atoms in total. The number of aliphatic hydroxyl groups is 2. The van der Waals surface area contributed by atoms with Crippen molar-refractivity contribution in [2.45, 2.75) is 118 Å². The van der Waals surface area contributed by atoms with Crippen LogP contribution in [0.5, 0.6) is 0 Å². The average molecular weight is 738 g/mol. The number of carbonyl (C=O) groups excluding carboxylic acids is 4. The molecule has 0 aromatic carbocycles. The summed E-state index contributed by atoms with van der Waals surface area (Å²) in [5.74, 6) is -0.445. The minimum Gasteiger partial charge on any atom is -1.00 e. The van der Waals surface area contributed by atoms with Crippen LogP contribution in [0.15, 0.2) is 0 Å². The summed E-state index contributed by atoms with van der Waals surface area (Å²) in [6.07, 6.45) is 3.32. The minimum atomic E-state index is -0.523. The largest absolute Gasteiger partial charge is 1.00 e. The number of alkyl halides is 1. The number of rotatable bonds is 13. The van der Waals surface area contributed by atoms with E-state index >= 15 is 0 Å². The molecule has 0 saturated heterocycles. The summed E-state index contributed by atoms with van der Waals surface area (Å²) in [6.45, 7) is 14.0. The molecule has 0 unspecified atom stereocenters. The van der Waals surface area contributed by atoms with Crippen molar-refractivity contribution in [1.82, 2.24) is 4.90 Å². The summed E-state index contributed by atoms with van der Waals surface area (Å²) >= 11 is 2.15. The van der Waals surface area contributed by atoms with Gasteiger partial charge in [0.05, 0.1) is 0 Å². The van der Waals surface area contributed by atoms with Crippen LogP contribution in [0, 0.1) is 5.92 Å². The topological polar surface area (TPSA) is 130 Å². The molecular formula is C27H57INNaO8S2. The predicted octanol–water partition coefficient (Wildman–Crippen LogP) is 2.45. The number of esters is 1. The van der Waals surface area contributed by atoms with Gasteiger partial charge in [0.15, 0.2) is 11.6 Å². The molecule has 0 aromatic heterocycles. The fourth-order valence-corrected chi connectivity index (χ4v) is 3.07. The Kier molecular flexibility index (Phi) is 39.1. The average Bonchev–Trinajstić information content (AvgIpc) is 2.80. The Morgan fingerprint density at radius 3 is 1.52 bits per heavy atom. The van der Waals surface area contributed by atoms with Crippen LogP contribution in [-0.4, -0.2) is 81.2 Å². The molecule has 0 aliphatic heterocycles. The predicted molar refractivity (Wildman–Crippen MR) is 177 cm³/mol. The zero-order valence-corrected chi connectivity index (χ0v) is 32.8. The Balaban J connectivity index is -0.0000000973. The third-order valence-electron chi connectivity index (χ3n) is 5.09.